The van der Waals surface area contributed by atoms with Crippen molar-refractivity contribution in [3.05, 3.63) is 28.8 Å². The van der Waals surface area contributed by atoms with E-state index < -0.39 is 0 Å². The fourth-order valence-electron chi connectivity index (χ4n) is 2.70. The Bertz CT molecular complexity index is 436. The molecule has 0 radical (unpaired) electrons. The monoisotopic (exact) mass is 265 g/mol. The predicted molar refractivity (Wildman–Crippen MR) is 74.3 cm³/mol. The molecular formula is C15H20ClNO. The van der Waals surface area contributed by atoms with E-state index in [2.05, 4.69) is 18.3 Å². The largest absolute Gasteiger partial charge is 0.491 e. The summed E-state index contributed by atoms with van der Waals surface area (Å²) in [5.41, 5.74) is 1.23. The molecule has 1 saturated heterocycles. The summed E-state index contributed by atoms with van der Waals surface area (Å²) in [5.74, 6) is 1.64. The first kappa shape index (κ1) is 12.3. The Labute approximate surface area is 114 Å². The van der Waals surface area contributed by atoms with Crippen LogP contribution in [0.15, 0.2) is 18.2 Å². The van der Waals surface area contributed by atoms with Crippen LogP contribution in [0.25, 0.3) is 0 Å². The summed E-state index contributed by atoms with van der Waals surface area (Å²) < 4.78 is 6.00. The van der Waals surface area contributed by atoms with Crippen molar-refractivity contribution in [3.63, 3.8) is 0 Å². The van der Waals surface area contributed by atoms with Crippen molar-refractivity contribution in [2.75, 3.05) is 13.2 Å². The molecule has 98 valence electrons. The van der Waals surface area contributed by atoms with E-state index in [-0.39, 0.29) is 5.54 Å². The number of para-hydroxylation sites is 1. The Kier molecular flexibility index (Phi) is 3.25. The van der Waals surface area contributed by atoms with Crippen LogP contribution < -0.4 is 10.1 Å². The highest BCUT2D eigenvalue weighted by molar-refractivity contribution is 6.32. The second kappa shape index (κ2) is 4.75. The lowest BCUT2D eigenvalue weighted by atomic mass is 9.90. The van der Waals surface area contributed by atoms with Gasteiger partial charge in [0, 0.05) is 11.1 Å². The third-order valence-corrected chi connectivity index (χ3v) is 4.39. The molecule has 0 bridgehead atoms. The molecule has 1 aromatic carbocycles. The van der Waals surface area contributed by atoms with E-state index in [0.29, 0.717) is 0 Å². The zero-order valence-electron chi connectivity index (χ0n) is 10.8. The Morgan fingerprint density at radius 3 is 2.94 bits per heavy atom. The molecule has 0 aromatic heterocycles. The third kappa shape index (κ3) is 2.36. The van der Waals surface area contributed by atoms with E-state index in [1.165, 1.54) is 24.8 Å². The zero-order valence-corrected chi connectivity index (χ0v) is 11.6. The van der Waals surface area contributed by atoms with Crippen LogP contribution in [-0.4, -0.2) is 13.2 Å². The molecule has 2 fully saturated rings. The summed E-state index contributed by atoms with van der Waals surface area (Å²) >= 11 is 6.32. The standard InChI is InChI=1S/C15H20ClNO/c1-15(8-3-9-17-15)12-4-2-5-13(16)14(12)18-10-11-6-7-11/h2,4-5,11,17H,3,6-10H2,1H3. The van der Waals surface area contributed by atoms with E-state index >= 15 is 0 Å². The maximum Gasteiger partial charge on any atom is 0.142 e. The molecule has 3 rings (SSSR count). The van der Waals surface area contributed by atoms with Gasteiger partial charge in [0.2, 0.25) is 0 Å². The SMILES string of the molecule is CC1(c2cccc(Cl)c2OCC2CC2)CCCN1. The van der Waals surface area contributed by atoms with Crippen molar-refractivity contribution < 1.29 is 4.74 Å². The van der Waals surface area contributed by atoms with Gasteiger partial charge in [0.1, 0.15) is 5.75 Å². The van der Waals surface area contributed by atoms with Gasteiger partial charge in [0.25, 0.3) is 0 Å². The first-order valence-corrected chi connectivity index (χ1v) is 7.24. The van der Waals surface area contributed by atoms with Gasteiger partial charge in [-0.25, -0.2) is 0 Å². The van der Waals surface area contributed by atoms with Crippen LogP contribution in [0, 0.1) is 5.92 Å². The number of nitrogens with one attached hydrogen (secondary N) is 1. The fraction of sp³-hybridized carbons (Fsp3) is 0.600. The maximum absolute atomic E-state index is 6.32. The first-order chi connectivity index (χ1) is 8.69. The molecule has 0 spiro atoms. The summed E-state index contributed by atoms with van der Waals surface area (Å²) in [6.07, 6.45) is 4.96. The van der Waals surface area contributed by atoms with E-state index in [4.69, 9.17) is 16.3 Å². The van der Waals surface area contributed by atoms with Crippen molar-refractivity contribution in [2.45, 2.75) is 38.1 Å². The molecule has 1 aliphatic carbocycles. The molecule has 1 aromatic rings. The molecule has 18 heavy (non-hydrogen) atoms. The summed E-state index contributed by atoms with van der Waals surface area (Å²) in [7, 11) is 0. The zero-order chi connectivity index (χ0) is 12.6. The van der Waals surface area contributed by atoms with Gasteiger partial charge in [-0.15, -0.1) is 0 Å². The van der Waals surface area contributed by atoms with Crippen LogP contribution in [0.3, 0.4) is 0 Å². The van der Waals surface area contributed by atoms with Gasteiger partial charge in [-0.05, 0) is 51.1 Å². The second-order valence-corrected chi connectivity index (χ2v) is 6.14. The lowest BCUT2D eigenvalue weighted by Gasteiger charge is -2.28. The van der Waals surface area contributed by atoms with Crippen LogP contribution in [0.2, 0.25) is 5.02 Å². The minimum Gasteiger partial charge on any atom is -0.491 e. The summed E-state index contributed by atoms with van der Waals surface area (Å²) in [6.45, 7) is 4.13. The van der Waals surface area contributed by atoms with Gasteiger partial charge >= 0.3 is 0 Å². The second-order valence-electron chi connectivity index (χ2n) is 5.73. The third-order valence-electron chi connectivity index (χ3n) is 4.09. The average molecular weight is 266 g/mol. The number of hydrogen-bond donors (Lipinski definition) is 1. The summed E-state index contributed by atoms with van der Waals surface area (Å²) in [4.78, 5) is 0. The van der Waals surface area contributed by atoms with Crippen LogP contribution in [0.4, 0.5) is 0 Å². The lowest BCUT2D eigenvalue weighted by Crippen LogP contribution is -2.33. The Balaban J connectivity index is 1.88. The minimum absolute atomic E-state index is 0.0176. The van der Waals surface area contributed by atoms with Crippen LogP contribution in [-0.2, 0) is 5.54 Å². The van der Waals surface area contributed by atoms with Crippen LogP contribution in [0.1, 0.15) is 38.2 Å². The molecular weight excluding hydrogens is 246 g/mol. The molecule has 1 saturated carbocycles. The maximum atomic E-state index is 6.32. The molecule has 0 amide bonds. The molecule has 2 aliphatic rings. The molecule has 1 heterocycles. The van der Waals surface area contributed by atoms with Crippen molar-refractivity contribution >= 4 is 11.6 Å². The molecule has 1 aliphatic heterocycles. The number of hydrogen-bond acceptors (Lipinski definition) is 2. The number of ether oxygens (including phenoxy) is 1. The number of rotatable bonds is 4. The highest BCUT2D eigenvalue weighted by Crippen LogP contribution is 2.41. The van der Waals surface area contributed by atoms with Crippen LogP contribution in [0.5, 0.6) is 5.75 Å². The molecule has 1 N–H and O–H groups in total. The Morgan fingerprint density at radius 1 is 1.44 bits per heavy atom. The topological polar surface area (TPSA) is 21.3 Å². The van der Waals surface area contributed by atoms with Gasteiger partial charge in [0.05, 0.1) is 11.6 Å². The minimum atomic E-state index is 0.0176. The van der Waals surface area contributed by atoms with Gasteiger partial charge in [-0.1, -0.05) is 23.7 Å². The fourth-order valence-corrected chi connectivity index (χ4v) is 2.93. The number of halogens is 1. The van der Waals surface area contributed by atoms with Crippen LogP contribution >= 0.6 is 11.6 Å². The summed E-state index contributed by atoms with van der Waals surface area (Å²) in [6, 6.07) is 6.09. The van der Waals surface area contributed by atoms with Gasteiger partial charge in [-0.3, -0.25) is 0 Å². The first-order valence-electron chi connectivity index (χ1n) is 6.86. The molecule has 1 atom stereocenters. The predicted octanol–water partition coefficient (Wildman–Crippen LogP) is 3.73. The van der Waals surface area contributed by atoms with Crippen molar-refractivity contribution in [3.8, 4) is 5.75 Å². The smallest absolute Gasteiger partial charge is 0.142 e. The summed E-state index contributed by atoms with van der Waals surface area (Å²) in [5, 5.41) is 4.32. The van der Waals surface area contributed by atoms with E-state index in [1.807, 2.05) is 12.1 Å². The van der Waals surface area contributed by atoms with Crippen molar-refractivity contribution in [2.24, 2.45) is 5.92 Å². The lowest BCUT2D eigenvalue weighted by molar-refractivity contribution is 0.286. The van der Waals surface area contributed by atoms with Crippen molar-refractivity contribution in [1.82, 2.24) is 5.32 Å². The Morgan fingerprint density at radius 2 is 2.28 bits per heavy atom. The highest BCUT2D eigenvalue weighted by Gasteiger charge is 2.34. The van der Waals surface area contributed by atoms with E-state index in [0.717, 1.165) is 36.3 Å². The van der Waals surface area contributed by atoms with Gasteiger partial charge < -0.3 is 10.1 Å². The van der Waals surface area contributed by atoms with E-state index in [9.17, 15) is 0 Å². The normalized spacial score (nSPS) is 27.4. The molecule has 3 heteroatoms. The van der Waals surface area contributed by atoms with Gasteiger partial charge in [0.15, 0.2) is 0 Å². The average Bonchev–Trinajstić information content (AvgIpc) is 3.08. The molecule has 2 nitrogen and oxygen atoms in total. The number of benzene rings is 1. The van der Waals surface area contributed by atoms with Gasteiger partial charge in [-0.2, -0.15) is 0 Å². The van der Waals surface area contributed by atoms with Crippen molar-refractivity contribution in [1.29, 1.82) is 0 Å². The molecule has 1 unspecified atom stereocenters. The highest BCUT2D eigenvalue weighted by atomic mass is 35.5. The Hall–Kier alpha value is -0.730. The van der Waals surface area contributed by atoms with E-state index in [1.54, 1.807) is 0 Å². The quantitative estimate of drug-likeness (QED) is 0.896.